The van der Waals surface area contributed by atoms with Gasteiger partial charge < -0.3 is 9.94 Å². The monoisotopic (exact) mass is 427 g/mol. The molecular formula is C17H18FN3O5S2. The molecule has 1 aromatic heterocycles. The maximum absolute atomic E-state index is 13.1. The minimum atomic E-state index is -3.36. The third-order valence-electron chi connectivity index (χ3n) is 3.80. The second-order valence-corrected chi connectivity index (χ2v) is 9.49. The SMILES string of the molecule is C[C@@H](O)CON=C(C(=O)Nc1ncc(F)s1)c1ccc(S(=O)(=O)C2CC2)cc1. The van der Waals surface area contributed by atoms with Crippen LogP contribution < -0.4 is 5.32 Å². The number of hydrogen-bond donors (Lipinski definition) is 2. The van der Waals surface area contributed by atoms with Crippen molar-refractivity contribution in [2.24, 2.45) is 5.16 Å². The molecule has 0 aliphatic heterocycles. The van der Waals surface area contributed by atoms with Crippen LogP contribution in [0.3, 0.4) is 0 Å². The number of anilines is 1. The average Bonchev–Trinajstić information content (AvgIpc) is 3.43. The van der Waals surface area contributed by atoms with Crippen molar-refractivity contribution in [3.8, 4) is 0 Å². The number of rotatable bonds is 8. The largest absolute Gasteiger partial charge is 0.392 e. The van der Waals surface area contributed by atoms with Gasteiger partial charge in [-0.25, -0.2) is 13.4 Å². The highest BCUT2D eigenvalue weighted by Gasteiger charge is 2.36. The van der Waals surface area contributed by atoms with E-state index in [1.54, 1.807) is 0 Å². The molecule has 1 aliphatic rings. The Hall–Kier alpha value is -2.37. The first-order chi connectivity index (χ1) is 13.3. The van der Waals surface area contributed by atoms with Crippen LogP contribution >= 0.6 is 11.3 Å². The maximum atomic E-state index is 13.1. The number of aliphatic hydroxyl groups is 1. The Labute approximate surface area is 165 Å². The zero-order chi connectivity index (χ0) is 20.3. The predicted octanol–water partition coefficient (Wildman–Crippen LogP) is 1.96. The van der Waals surface area contributed by atoms with Crippen LogP contribution in [0.1, 0.15) is 25.3 Å². The molecular weight excluding hydrogens is 409 g/mol. The van der Waals surface area contributed by atoms with Crippen molar-refractivity contribution in [3.63, 3.8) is 0 Å². The summed E-state index contributed by atoms with van der Waals surface area (Å²) in [7, 11) is -3.36. The molecule has 1 fully saturated rings. The molecule has 1 amide bonds. The molecule has 3 rings (SSSR count). The molecule has 1 saturated carbocycles. The predicted molar refractivity (Wildman–Crippen MR) is 102 cm³/mol. The number of amides is 1. The number of carbonyl (C=O) groups is 1. The number of aromatic nitrogens is 1. The lowest BCUT2D eigenvalue weighted by Gasteiger charge is -2.09. The zero-order valence-corrected chi connectivity index (χ0v) is 16.5. The van der Waals surface area contributed by atoms with Gasteiger partial charge in [-0.05, 0) is 31.9 Å². The summed E-state index contributed by atoms with van der Waals surface area (Å²) in [5.41, 5.74) is 0.140. The van der Waals surface area contributed by atoms with Crippen molar-refractivity contribution >= 4 is 37.9 Å². The first-order valence-electron chi connectivity index (χ1n) is 8.42. The van der Waals surface area contributed by atoms with Crippen LogP contribution in [0.4, 0.5) is 9.52 Å². The van der Waals surface area contributed by atoms with E-state index in [4.69, 9.17) is 4.84 Å². The number of carbonyl (C=O) groups excluding carboxylic acids is 1. The molecule has 0 saturated heterocycles. The molecule has 11 heteroatoms. The van der Waals surface area contributed by atoms with Gasteiger partial charge in [0.1, 0.15) is 6.61 Å². The first-order valence-corrected chi connectivity index (χ1v) is 10.8. The van der Waals surface area contributed by atoms with E-state index in [2.05, 4.69) is 15.5 Å². The highest BCUT2D eigenvalue weighted by Crippen LogP contribution is 2.33. The molecule has 1 atom stereocenters. The number of nitrogens with one attached hydrogen (secondary N) is 1. The maximum Gasteiger partial charge on any atom is 0.280 e. The summed E-state index contributed by atoms with van der Waals surface area (Å²) in [6.45, 7) is 1.35. The van der Waals surface area contributed by atoms with Crippen LogP contribution in [-0.4, -0.2) is 48.1 Å². The Morgan fingerprint density at radius 1 is 1.43 bits per heavy atom. The quantitative estimate of drug-likeness (QED) is 0.491. The van der Waals surface area contributed by atoms with E-state index in [0.29, 0.717) is 29.7 Å². The zero-order valence-electron chi connectivity index (χ0n) is 14.8. The lowest BCUT2D eigenvalue weighted by molar-refractivity contribution is -0.110. The molecule has 0 radical (unpaired) electrons. The Bertz CT molecular complexity index is 982. The van der Waals surface area contributed by atoms with Gasteiger partial charge in [0.05, 0.1) is 22.4 Å². The molecule has 2 N–H and O–H groups in total. The van der Waals surface area contributed by atoms with Gasteiger partial charge in [-0.1, -0.05) is 28.6 Å². The van der Waals surface area contributed by atoms with Gasteiger partial charge in [0.15, 0.2) is 25.8 Å². The third kappa shape index (κ3) is 4.91. The normalized spacial score (nSPS) is 15.9. The van der Waals surface area contributed by atoms with E-state index in [1.807, 2.05) is 0 Å². The van der Waals surface area contributed by atoms with Crippen LogP contribution in [0.25, 0.3) is 0 Å². The van der Waals surface area contributed by atoms with Crippen LogP contribution in [0.15, 0.2) is 40.5 Å². The lowest BCUT2D eigenvalue weighted by Crippen LogP contribution is -2.25. The topological polar surface area (TPSA) is 118 Å². The highest BCUT2D eigenvalue weighted by atomic mass is 32.2. The van der Waals surface area contributed by atoms with E-state index >= 15 is 0 Å². The number of thiazole rings is 1. The van der Waals surface area contributed by atoms with Crippen molar-refractivity contribution < 1.29 is 27.5 Å². The van der Waals surface area contributed by atoms with Gasteiger partial charge in [0.2, 0.25) is 0 Å². The summed E-state index contributed by atoms with van der Waals surface area (Å²) in [5.74, 6) is -0.710. The molecule has 28 heavy (non-hydrogen) atoms. The van der Waals surface area contributed by atoms with Crippen molar-refractivity contribution in [1.82, 2.24) is 4.98 Å². The second-order valence-electron chi connectivity index (χ2n) is 6.28. The Kier molecular flexibility index (Phi) is 6.06. The number of hydrogen-bond acceptors (Lipinski definition) is 8. The smallest absolute Gasteiger partial charge is 0.280 e. The van der Waals surface area contributed by atoms with Crippen molar-refractivity contribution in [1.29, 1.82) is 0 Å². The first kappa shape index (κ1) is 20.4. The van der Waals surface area contributed by atoms with Crippen LogP contribution in [0, 0.1) is 5.13 Å². The summed E-state index contributed by atoms with van der Waals surface area (Å²) in [5, 5.41) is 14.6. The van der Waals surface area contributed by atoms with Gasteiger partial charge >= 0.3 is 0 Å². The fourth-order valence-electron chi connectivity index (χ4n) is 2.28. The van der Waals surface area contributed by atoms with Gasteiger partial charge in [-0.15, -0.1) is 0 Å². The Balaban J connectivity index is 1.84. The minimum absolute atomic E-state index is 0.0404. The summed E-state index contributed by atoms with van der Waals surface area (Å²) in [4.78, 5) is 21.4. The molecule has 0 spiro atoms. The van der Waals surface area contributed by atoms with Gasteiger partial charge in [0, 0.05) is 5.56 Å². The molecule has 1 aromatic carbocycles. The summed E-state index contributed by atoms with van der Waals surface area (Å²) < 4.78 is 37.7. The van der Waals surface area contributed by atoms with E-state index in [-0.39, 0.29) is 27.6 Å². The fraction of sp³-hybridized carbons (Fsp3) is 0.353. The van der Waals surface area contributed by atoms with Crippen molar-refractivity contribution in [3.05, 3.63) is 41.2 Å². The van der Waals surface area contributed by atoms with Crippen LogP contribution in [0.2, 0.25) is 0 Å². The Morgan fingerprint density at radius 3 is 2.64 bits per heavy atom. The number of sulfone groups is 1. The number of aliphatic hydroxyl groups excluding tert-OH is 1. The summed E-state index contributed by atoms with van der Waals surface area (Å²) in [6, 6.07) is 5.71. The fourth-order valence-corrected chi connectivity index (χ4v) is 4.47. The molecule has 150 valence electrons. The number of benzene rings is 1. The molecule has 8 nitrogen and oxygen atoms in total. The lowest BCUT2D eigenvalue weighted by atomic mass is 10.1. The number of halogens is 1. The average molecular weight is 427 g/mol. The molecule has 1 aliphatic carbocycles. The number of nitrogens with zero attached hydrogens (tertiary/aromatic N) is 2. The highest BCUT2D eigenvalue weighted by molar-refractivity contribution is 7.92. The summed E-state index contributed by atoms with van der Waals surface area (Å²) >= 11 is 0.649. The van der Waals surface area contributed by atoms with E-state index in [1.165, 1.54) is 31.2 Å². The van der Waals surface area contributed by atoms with E-state index in [0.717, 1.165) is 6.20 Å². The van der Waals surface area contributed by atoms with E-state index < -0.39 is 27.0 Å². The molecule has 0 unspecified atom stereocenters. The van der Waals surface area contributed by atoms with E-state index in [9.17, 15) is 22.7 Å². The van der Waals surface area contributed by atoms with Crippen LogP contribution in [0.5, 0.6) is 0 Å². The van der Waals surface area contributed by atoms with Crippen molar-refractivity contribution in [2.45, 2.75) is 36.0 Å². The van der Waals surface area contributed by atoms with Gasteiger partial charge in [0.25, 0.3) is 5.91 Å². The van der Waals surface area contributed by atoms with Crippen molar-refractivity contribution in [2.75, 3.05) is 11.9 Å². The Morgan fingerprint density at radius 2 is 2.11 bits per heavy atom. The standard InChI is InChI=1S/C17H18FN3O5S2/c1-10(22)9-26-21-15(16(23)20-17-19-8-14(18)27-17)11-2-4-12(5-3-11)28(24,25)13-6-7-13/h2-5,8,10,13,22H,6-7,9H2,1H3,(H,19,20,23)/t10-/m1/s1. The third-order valence-corrected chi connectivity index (χ3v) is 6.78. The molecule has 0 bridgehead atoms. The van der Waals surface area contributed by atoms with Gasteiger partial charge in [-0.3, -0.25) is 10.1 Å². The molecule has 2 aromatic rings. The molecule has 1 heterocycles. The van der Waals surface area contributed by atoms with Gasteiger partial charge in [-0.2, -0.15) is 4.39 Å². The second kappa shape index (κ2) is 8.33. The number of oxime groups is 1. The minimum Gasteiger partial charge on any atom is -0.392 e. The summed E-state index contributed by atoms with van der Waals surface area (Å²) in [6.07, 6.45) is 1.47. The van der Waals surface area contributed by atoms with Crippen LogP contribution in [-0.2, 0) is 19.5 Å².